The van der Waals surface area contributed by atoms with Crippen LogP contribution in [-0.2, 0) is 0 Å². The zero-order valence-corrected chi connectivity index (χ0v) is 9.49. The molecule has 0 aliphatic heterocycles. The van der Waals surface area contributed by atoms with Gasteiger partial charge in [0, 0.05) is 5.33 Å². The summed E-state index contributed by atoms with van der Waals surface area (Å²) >= 11 is 3.45. The zero-order valence-electron chi connectivity index (χ0n) is 7.91. The summed E-state index contributed by atoms with van der Waals surface area (Å²) in [5, 5.41) is 1.18. The first kappa shape index (κ1) is 11.5. The first-order chi connectivity index (χ1) is 5.35. The highest BCUT2D eigenvalue weighted by Gasteiger charge is 2.01. The Balaban J connectivity index is 3.07. The second kappa shape index (κ2) is 8.58. The van der Waals surface area contributed by atoms with E-state index in [1.54, 1.807) is 0 Å². The van der Waals surface area contributed by atoms with Crippen LogP contribution in [0.5, 0.6) is 0 Å². The lowest BCUT2D eigenvalue weighted by Crippen LogP contribution is -1.96. The molecule has 0 heterocycles. The fourth-order valence-corrected chi connectivity index (χ4v) is 1.80. The molecule has 0 unspecified atom stereocenters. The lowest BCUT2D eigenvalue weighted by Gasteiger charge is -2.10. The van der Waals surface area contributed by atoms with Crippen molar-refractivity contribution in [2.45, 2.75) is 52.4 Å². The molecular weight excluding hydrogens is 200 g/mol. The Morgan fingerprint density at radius 3 is 2.09 bits per heavy atom. The Morgan fingerprint density at radius 2 is 1.64 bits per heavy atom. The Hall–Kier alpha value is 0.480. The van der Waals surface area contributed by atoms with Gasteiger partial charge in [0.1, 0.15) is 0 Å². The molecule has 0 spiro atoms. The van der Waals surface area contributed by atoms with Gasteiger partial charge in [0.2, 0.25) is 0 Å². The molecule has 0 aliphatic rings. The van der Waals surface area contributed by atoms with Crippen molar-refractivity contribution in [3.8, 4) is 0 Å². The number of unbranched alkanes of at least 4 members (excludes halogenated alkanes) is 2. The minimum Gasteiger partial charge on any atom is -0.0928 e. The van der Waals surface area contributed by atoms with Crippen LogP contribution in [0.2, 0.25) is 0 Å². The third-order valence-electron chi connectivity index (χ3n) is 2.40. The predicted molar refractivity (Wildman–Crippen MR) is 56.3 cm³/mol. The van der Waals surface area contributed by atoms with Crippen LogP contribution in [-0.4, -0.2) is 5.33 Å². The van der Waals surface area contributed by atoms with Crippen molar-refractivity contribution in [3.63, 3.8) is 0 Å². The molecule has 0 bridgehead atoms. The van der Waals surface area contributed by atoms with E-state index < -0.39 is 0 Å². The summed E-state index contributed by atoms with van der Waals surface area (Å²) in [6.45, 7) is 4.61. The molecule has 0 aliphatic carbocycles. The van der Waals surface area contributed by atoms with E-state index in [0.29, 0.717) is 0 Å². The van der Waals surface area contributed by atoms with Crippen molar-refractivity contribution in [1.82, 2.24) is 0 Å². The average Bonchev–Trinajstić information content (AvgIpc) is 2.05. The lowest BCUT2D eigenvalue weighted by molar-refractivity contribution is 0.433. The Kier molecular flexibility index (Phi) is 8.95. The fourth-order valence-electron chi connectivity index (χ4n) is 1.40. The molecule has 0 saturated carbocycles. The number of hydrogen-bond donors (Lipinski definition) is 0. The van der Waals surface area contributed by atoms with E-state index in [1.807, 2.05) is 0 Å². The maximum absolute atomic E-state index is 3.45. The van der Waals surface area contributed by atoms with Crippen LogP contribution in [0.3, 0.4) is 0 Å². The maximum Gasteiger partial charge on any atom is 0.00313 e. The first-order valence-electron chi connectivity index (χ1n) is 4.91. The van der Waals surface area contributed by atoms with Crippen LogP contribution in [0.4, 0.5) is 0 Å². The van der Waals surface area contributed by atoms with Crippen molar-refractivity contribution < 1.29 is 0 Å². The monoisotopic (exact) mass is 220 g/mol. The third-order valence-corrected chi connectivity index (χ3v) is 2.96. The van der Waals surface area contributed by atoms with Crippen molar-refractivity contribution >= 4 is 15.9 Å². The molecule has 11 heavy (non-hydrogen) atoms. The van der Waals surface area contributed by atoms with Gasteiger partial charge in [-0.15, -0.1) is 0 Å². The Morgan fingerprint density at radius 1 is 1.00 bits per heavy atom. The van der Waals surface area contributed by atoms with E-state index in [2.05, 4.69) is 29.8 Å². The molecule has 0 saturated heterocycles. The molecule has 0 radical (unpaired) electrons. The van der Waals surface area contributed by atoms with Crippen molar-refractivity contribution in [3.05, 3.63) is 0 Å². The highest BCUT2D eigenvalue weighted by atomic mass is 79.9. The first-order valence-corrected chi connectivity index (χ1v) is 6.03. The van der Waals surface area contributed by atoms with E-state index in [1.165, 1.54) is 43.9 Å². The van der Waals surface area contributed by atoms with Crippen LogP contribution in [0, 0.1) is 5.92 Å². The minimum atomic E-state index is 0.991. The summed E-state index contributed by atoms with van der Waals surface area (Å²) < 4.78 is 0. The van der Waals surface area contributed by atoms with Crippen LogP contribution >= 0.6 is 15.9 Å². The number of rotatable bonds is 7. The van der Waals surface area contributed by atoms with Crippen LogP contribution in [0.15, 0.2) is 0 Å². The molecule has 0 rings (SSSR count). The van der Waals surface area contributed by atoms with Gasteiger partial charge in [0.15, 0.2) is 0 Å². The zero-order chi connectivity index (χ0) is 8.53. The highest BCUT2D eigenvalue weighted by Crippen LogP contribution is 2.16. The van der Waals surface area contributed by atoms with Gasteiger partial charge in [0.05, 0.1) is 0 Å². The van der Waals surface area contributed by atoms with E-state index in [-0.39, 0.29) is 0 Å². The summed E-state index contributed by atoms with van der Waals surface area (Å²) in [5.74, 6) is 0.991. The molecule has 0 fully saturated rings. The van der Waals surface area contributed by atoms with Gasteiger partial charge in [-0.2, -0.15) is 0 Å². The standard InChI is InChI=1S/C10H21Br/c1-3-10(4-2)8-6-5-7-9-11/h10H,3-9H2,1-2H3. The van der Waals surface area contributed by atoms with Crippen LogP contribution in [0.1, 0.15) is 52.4 Å². The number of hydrogen-bond acceptors (Lipinski definition) is 0. The third kappa shape index (κ3) is 6.86. The Bertz CT molecular complexity index is 67.3. The van der Waals surface area contributed by atoms with Crippen molar-refractivity contribution in [2.24, 2.45) is 5.92 Å². The average molecular weight is 221 g/mol. The quantitative estimate of drug-likeness (QED) is 0.442. The summed E-state index contributed by atoms with van der Waals surface area (Å²) in [6.07, 6.45) is 8.36. The van der Waals surface area contributed by atoms with Gasteiger partial charge in [-0.1, -0.05) is 61.9 Å². The molecule has 0 aromatic rings. The van der Waals surface area contributed by atoms with Gasteiger partial charge < -0.3 is 0 Å². The van der Waals surface area contributed by atoms with Crippen LogP contribution in [0.25, 0.3) is 0 Å². The van der Waals surface area contributed by atoms with Gasteiger partial charge in [-0.25, -0.2) is 0 Å². The van der Waals surface area contributed by atoms with E-state index in [0.717, 1.165) is 5.92 Å². The van der Waals surface area contributed by atoms with E-state index in [9.17, 15) is 0 Å². The van der Waals surface area contributed by atoms with Gasteiger partial charge in [-0.05, 0) is 12.3 Å². The summed E-state index contributed by atoms with van der Waals surface area (Å²) in [5.41, 5.74) is 0. The summed E-state index contributed by atoms with van der Waals surface area (Å²) in [4.78, 5) is 0. The second-order valence-corrected chi connectivity index (χ2v) is 4.01. The molecule has 0 aromatic heterocycles. The van der Waals surface area contributed by atoms with E-state index in [4.69, 9.17) is 0 Å². The molecular formula is C10H21Br. The largest absolute Gasteiger partial charge is 0.0928 e. The molecule has 0 atom stereocenters. The van der Waals surface area contributed by atoms with Crippen molar-refractivity contribution in [2.75, 3.05) is 5.33 Å². The second-order valence-electron chi connectivity index (χ2n) is 3.22. The van der Waals surface area contributed by atoms with Gasteiger partial charge in [0.25, 0.3) is 0 Å². The highest BCUT2D eigenvalue weighted by molar-refractivity contribution is 9.09. The van der Waals surface area contributed by atoms with Crippen molar-refractivity contribution in [1.29, 1.82) is 0 Å². The summed E-state index contributed by atoms with van der Waals surface area (Å²) in [7, 11) is 0. The molecule has 0 aromatic carbocycles. The summed E-state index contributed by atoms with van der Waals surface area (Å²) in [6, 6.07) is 0. The molecule has 68 valence electrons. The predicted octanol–water partition coefficient (Wildman–Crippen LogP) is 4.38. The molecule has 0 N–H and O–H groups in total. The van der Waals surface area contributed by atoms with Gasteiger partial charge in [-0.3, -0.25) is 0 Å². The van der Waals surface area contributed by atoms with Gasteiger partial charge >= 0.3 is 0 Å². The van der Waals surface area contributed by atoms with Crippen LogP contribution < -0.4 is 0 Å². The molecule has 1 heteroatoms. The fraction of sp³-hybridized carbons (Fsp3) is 1.00. The topological polar surface area (TPSA) is 0 Å². The smallest absolute Gasteiger partial charge is 0.00313 e. The lowest BCUT2D eigenvalue weighted by atomic mass is 9.96. The normalized spacial score (nSPS) is 10.9. The minimum absolute atomic E-state index is 0.991. The molecule has 0 nitrogen and oxygen atoms in total. The SMILES string of the molecule is CCC(CC)CCCCCBr. The number of halogens is 1. The van der Waals surface area contributed by atoms with E-state index >= 15 is 0 Å². The Labute approximate surface area is 79.9 Å². The number of alkyl halides is 1. The molecule has 0 amide bonds. The maximum atomic E-state index is 3.45.